The van der Waals surface area contributed by atoms with Gasteiger partial charge in [-0.25, -0.2) is 5.43 Å². The number of benzene rings is 2. The van der Waals surface area contributed by atoms with Crippen LogP contribution in [0.4, 0.5) is 0 Å². The molecule has 0 aliphatic carbocycles. The van der Waals surface area contributed by atoms with Crippen LogP contribution in [0, 0.1) is 0 Å². The van der Waals surface area contributed by atoms with Crippen molar-refractivity contribution in [1.29, 1.82) is 0 Å². The molecule has 150 valence electrons. The molecule has 0 spiro atoms. The quantitative estimate of drug-likeness (QED) is 0.451. The molecule has 0 fully saturated rings. The third-order valence-electron chi connectivity index (χ3n) is 4.09. The molecule has 1 aromatic heterocycles. The smallest absolute Gasteiger partial charge is 0.289 e. The summed E-state index contributed by atoms with van der Waals surface area (Å²) in [5.74, 6) is 1.65. The number of aromatic nitrogens is 2. The molecule has 0 bridgehead atoms. The first-order valence-electron chi connectivity index (χ1n) is 8.98. The molecule has 2 aromatic carbocycles. The van der Waals surface area contributed by atoms with Gasteiger partial charge in [0.05, 0.1) is 32.7 Å². The van der Waals surface area contributed by atoms with Crippen molar-refractivity contribution in [3.05, 3.63) is 59.8 Å². The topological polar surface area (TPSA) is 97.8 Å². The first-order chi connectivity index (χ1) is 14.1. The molecule has 0 saturated carbocycles. The molecule has 1 heterocycles. The molecule has 2 N–H and O–H groups in total. The van der Waals surface area contributed by atoms with Crippen molar-refractivity contribution in [3.8, 4) is 28.5 Å². The SMILES string of the molecule is CCOc1ccc(-c2cc(C(=O)N/N=C\c3cc(OC)ccc3OC)[nH]n2)cc1. The minimum absolute atomic E-state index is 0.295. The number of carbonyl (C=O) groups excluding carboxylic acids is 1. The van der Waals surface area contributed by atoms with Crippen LogP contribution in [0.1, 0.15) is 23.0 Å². The number of ether oxygens (including phenoxy) is 3. The highest BCUT2D eigenvalue weighted by molar-refractivity contribution is 5.94. The molecule has 0 aliphatic rings. The Balaban J connectivity index is 1.67. The lowest BCUT2D eigenvalue weighted by Crippen LogP contribution is -2.18. The number of hydrogen-bond donors (Lipinski definition) is 2. The molecule has 0 saturated heterocycles. The van der Waals surface area contributed by atoms with Gasteiger partial charge in [0.25, 0.3) is 5.91 Å². The minimum atomic E-state index is -0.409. The Morgan fingerprint density at radius 3 is 2.55 bits per heavy atom. The number of carbonyl (C=O) groups is 1. The first kappa shape index (κ1) is 19.9. The van der Waals surface area contributed by atoms with E-state index >= 15 is 0 Å². The molecule has 3 rings (SSSR count). The Morgan fingerprint density at radius 1 is 1.10 bits per heavy atom. The van der Waals surface area contributed by atoms with Crippen LogP contribution in [0.2, 0.25) is 0 Å². The summed E-state index contributed by atoms with van der Waals surface area (Å²) >= 11 is 0. The van der Waals surface area contributed by atoms with Gasteiger partial charge in [-0.1, -0.05) is 0 Å². The zero-order chi connectivity index (χ0) is 20.6. The maximum Gasteiger partial charge on any atom is 0.289 e. The van der Waals surface area contributed by atoms with Gasteiger partial charge in [-0.3, -0.25) is 9.89 Å². The number of rotatable bonds is 8. The van der Waals surface area contributed by atoms with Gasteiger partial charge in [-0.05, 0) is 55.5 Å². The Hall–Kier alpha value is -3.81. The van der Waals surface area contributed by atoms with Gasteiger partial charge in [0.2, 0.25) is 0 Å². The maximum atomic E-state index is 12.3. The highest BCUT2D eigenvalue weighted by Crippen LogP contribution is 2.23. The van der Waals surface area contributed by atoms with Crippen molar-refractivity contribution in [1.82, 2.24) is 15.6 Å². The highest BCUT2D eigenvalue weighted by Gasteiger charge is 2.11. The lowest BCUT2D eigenvalue weighted by atomic mass is 10.1. The largest absolute Gasteiger partial charge is 0.497 e. The number of methoxy groups -OCH3 is 2. The summed E-state index contributed by atoms with van der Waals surface area (Å²) in [5, 5.41) is 10.9. The van der Waals surface area contributed by atoms with E-state index in [0.29, 0.717) is 35.1 Å². The second-order valence-electron chi connectivity index (χ2n) is 5.93. The van der Waals surface area contributed by atoms with Crippen molar-refractivity contribution >= 4 is 12.1 Å². The van der Waals surface area contributed by atoms with Gasteiger partial charge in [0.15, 0.2) is 0 Å². The average Bonchev–Trinajstić information content (AvgIpc) is 3.25. The zero-order valence-corrected chi connectivity index (χ0v) is 16.4. The van der Waals surface area contributed by atoms with Crippen LogP contribution in [0.15, 0.2) is 53.6 Å². The third kappa shape index (κ3) is 4.92. The van der Waals surface area contributed by atoms with Crippen LogP contribution in [0.5, 0.6) is 17.2 Å². The Bertz CT molecular complexity index is 996. The van der Waals surface area contributed by atoms with Crippen molar-refractivity contribution in [3.63, 3.8) is 0 Å². The minimum Gasteiger partial charge on any atom is -0.497 e. The molecule has 3 aromatic rings. The monoisotopic (exact) mass is 394 g/mol. The number of H-pyrrole nitrogens is 1. The van der Waals surface area contributed by atoms with Crippen molar-refractivity contribution in [2.45, 2.75) is 6.92 Å². The lowest BCUT2D eigenvalue weighted by molar-refractivity contribution is 0.0950. The van der Waals surface area contributed by atoms with Gasteiger partial charge in [0, 0.05) is 11.1 Å². The van der Waals surface area contributed by atoms with Crippen LogP contribution >= 0.6 is 0 Å². The van der Waals surface area contributed by atoms with Crippen LogP contribution in [0.25, 0.3) is 11.3 Å². The molecular formula is C21H22N4O4. The fraction of sp³-hybridized carbons (Fsp3) is 0.190. The second kappa shape index (κ2) is 9.41. The van der Waals surface area contributed by atoms with Crippen molar-refractivity contribution < 1.29 is 19.0 Å². The average molecular weight is 394 g/mol. The van der Waals surface area contributed by atoms with Crippen LogP contribution in [0.3, 0.4) is 0 Å². The summed E-state index contributed by atoms with van der Waals surface area (Å²) < 4.78 is 15.9. The van der Waals surface area contributed by atoms with E-state index in [1.807, 2.05) is 31.2 Å². The van der Waals surface area contributed by atoms with Gasteiger partial charge in [-0.2, -0.15) is 10.2 Å². The Morgan fingerprint density at radius 2 is 1.86 bits per heavy atom. The molecule has 8 nitrogen and oxygen atoms in total. The standard InChI is InChI=1S/C21H22N4O4/c1-4-29-16-7-5-14(6-8-16)18-12-19(24-23-18)21(26)25-22-13-15-11-17(27-2)9-10-20(15)28-3/h5-13H,4H2,1-3H3,(H,23,24)(H,25,26)/b22-13-. The normalized spacial score (nSPS) is 10.7. The van der Waals surface area contributed by atoms with Crippen LogP contribution in [-0.2, 0) is 0 Å². The van der Waals surface area contributed by atoms with E-state index in [4.69, 9.17) is 14.2 Å². The molecular weight excluding hydrogens is 372 g/mol. The van der Waals surface area contributed by atoms with E-state index in [-0.39, 0.29) is 0 Å². The maximum absolute atomic E-state index is 12.3. The number of nitrogens with one attached hydrogen (secondary N) is 2. The van der Waals surface area contributed by atoms with Gasteiger partial charge in [0.1, 0.15) is 22.9 Å². The van der Waals surface area contributed by atoms with Crippen molar-refractivity contribution in [2.24, 2.45) is 5.10 Å². The fourth-order valence-electron chi connectivity index (χ4n) is 2.64. The Labute approximate surface area is 168 Å². The summed E-state index contributed by atoms with van der Waals surface area (Å²) in [6, 6.07) is 14.5. The number of nitrogens with zero attached hydrogens (tertiary/aromatic N) is 2. The molecule has 29 heavy (non-hydrogen) atoms. The zero-order valence-electron chi connectivity index (χ0n) is 16.4. The van der Waals surface area contributed by atoms with Crippen LogP contribution < -0.4 is 19.6 Å². The molecule has 1 amide bonds. The second-order valence-corrected chi connectivity index (χ2v) is 5.93. The third-order valence-corrected chi connectivity index (χ3v) is 4.09. The molecule has 8 heteroatoms. The number of hydrogen-bond acceptors (Lipinski definition) is 6. The summed E-state index contributed by atoms with van der Waals surface area (Å²) in [4.78, 5) is 12.3. The molecule has 0 unspecified atom stereocenters. The van der Waals surface area contributed by atoms with E-state index in [9.17, 15) is 4.79 Å². The number of hydrazone groups is 1. The Kier molecular flexibility index (Phi) is 6.47. The lowest BCUT2D eigenvalue weighted by Gasteiger charge is -2.06. The molecule has 0 radical (unpaired) electrons. The molecule has 0 aliphatic heterocycles. The van der Waals surface area contributed by atoms with E-state index in [0.717, 1.165) is 11.3 Å². The fourth-order valence-corrected chi connectivity index (χ4v) is 2.64. The van der Waals surface area contributed by atoms with E-state index in [1.165, 1.54) is 6.21 Å². The van der Waals surface area contributed by atoms with E-state index < -0.39 is 5.91 Å². The van der Waals surface area contributed by atoms with Gasteiger partial charge in [-0.15, -0.1) is 0 Å². The van der Waals surface area contributed by atoms with E-state index in [1.54, 1.807) is 38.5 Å². The summed E-state index contributed by atoms with van der Waals surface area (Å²) in [7, 11) is 3.13. The predicted molar refractivity (Wildman–Crippen MR) is 110 cm³/mol. The number of aromatic amines is 1. The first-order valence-corrected chi connectivity index (χ1v) is 8.98. The van der Waals surface area contributed by atoms with E-state index in [2.05, 4.69) is 20.7 Å². The van der Waals surface area contributed by atoms with Gasteiger partial charge >= 0.3 is 0 Å². The van der Waals surface area contributed by atoms with Crippen LogP contribution in [-0.4, -0.2) is 43.1 Å². The molecule has 0 atom stereocenters. The summed E-state index contributed by atoms with van der Waals surface area (Å²) in [6.45, 7) is 2.54. The summed E-state index contributed by atoms with van der Waals surface area (Å²) in [6.07, 6.45) is 1.49. The summed E-state index contributed by atoms with van der Waals surface area (Å²) in [5.41, 5.74) is 4.96. The number of amides is 1. The highest BCUT2D eigenvalue weighted by atomic mass is 16.5. The predicted octanol–water partition coefficient (Wildman–Crippen LogP) is 3.26. The van der Waals surface area contributed by atoms with Crippen molar-refractivity contribution in [2.75, 3.05) is 20.8 Å². The van der Waals surface area contributed by atoms with Gasteiger partial charge < -0.3 is 14.2 Å².